The van der Waals surface area contributed by atoms with E-state index in [1.165, 1.54) is 4.68 Å². The summed E-state index contributed by atoms with van der Waals surface area (Å²) in [7, 11) is 0. The first kappa shape index (κ1) is 15.0. The molecular weight excluding hydrogens is 272 g/mol. The Bertz CT molecular complexity index is 612. The van der Waals surface area contributed by atoms with Crippen LogP contribution in [-0.4, -0.2) is 37.9 Å². The summed E-state index contributed by atoms with van der Waals surface area (Å²) >= 11 is 0. The molecular formula is C14H18N4O3. The molecule has 0 fully saturated rings. The number of aliphatic carboxylic acids is 1. The van der Waals surface area contributed by atoms with Crippen molar-refractivity contribution >= 4 is 5.97 Å². The van der Waals surface area contributed by atoms with Gasteiger partial charge in [-0.25, -0.2) is 4.68 Å². The molecule has 112 valence electrons. The summed E-state index contributed by atoms with van der Waals surface area (Å²) in [5.41, 5.74) is 0.797. The van der Waals surface area contributed by atoms with E-state index in [4.69, 9.17) is 9.84 Å². The molecule has 7 heteroatoms. The van der Waals surface area contributed by atoms with Gasteiger partial charge >= 0.3 is 5.97 Å². The van der Waals surface area contributed by atoms with E-state index < -0.39 is 5.97 Å². The Morgan fingerprint density at radius 2 is 2.29 bits per heavy atom. The van der Waals surface area contributed by atoms with Gasteiger partial charge in [-0.2, -0.15) is 0 Å². The number of tetrazole rings is 1. The first-order valence-corrected chi connectivity index (χ1v) is 6.84. The Morgan fingerprint density at radius 1 is 1.48 bits per heavy atom. The lowest BCUT2D eigenvalue weighted by Gasteiger charge is -2.11. The number of carbonyl (C=O) groups is 1. The van der Waals surface area contributed by atoms with Crippen molar-refractivity contribution in [2.75, 3.05) is 6.61 Å². The van der Waals surface area contributed by atoms with Gasteiger partial charge in [0.25, 0.3) is 0 Å². The Hall–Kier alpha value is -2.44. The third-order valence-corrected chi connectivity index (χ3v) is 2.95. The monoisotopic (exact) mass is 290 g/mol. The second-order valence-electron chi connectivity index (χ2n) is 4.77. The summed E-state index contributed by atoms with van der Waals surface area (Å²) < 4.78 is 7.11. The van der Waals surface area contributed by atoms with Crippen LogP contribution in [0.4, 0.5) is 0 Å². The number of benzene rings is 1. The highest BCUT2D eigenvalue weighted by molar-refractivity contribution is 5.67. The van der Waals surface area contributed by atoms with Gasteiger partial charge in [-0.3, -0.25) is 4.79 Å². The van der Waals surface area contributed by atoms with Crippen LogP contribution in [0.1, 0.15) is 32.7 Å². The average molecular weight is 290 g/mol. The molecule has 0 spiro atoms. The van der Waals surface area contributed by atoms with Crippen LogP contribution in [0.3, 0.4) is 0 Å². The summed E-state index contributed by atoms with van der Waals surface area (Å²) in [6.07, 6.45) is 0.891. The van der Waals surface area contributed by atoms with Gasteiger partial charge in [-0.1, -0.05) is 19.1 Å². The van der Waals surface area contributed by atoms with Gasteiger partial charge in [0.1, 0.15) is 5.75 Å². The van der Waals surface area contributed by atoms with Crippen molar-refractivity contribution in [3.63, 3.8) is 0 Å². The lowest BCUT2D eigenvalue weighted by molar-refractivity contribution is -0.137. The fraction of sp³-hybridized carbons (Fsp3) is 0.429. The standard InChI is InChI=1S/C14H18N4O3/c1-3-7-21-12-6-4-5-11(9-12)14-15-16-17-18(14)10(2)8-13(19)20/h4-6,9-10H,3,7-8H2,1-2H3,(H,19,20). The van der Waals surface area contributed by atoms with Gasteiger partial charge in [0.2, 0.25) is 0 Å². The molecule has 0 aliphatic heterocycles. The molecule has 0 aliphatic rings. The van der Waals surface area contributed by atoms with Crippen LogP contribution in [0.5, 0.6) is 5.75 Å². The van der Waals surface area contributed by atoms with E-state index in [0.29, 0.717) is 12.4 Å². The largest absolute Gasteiger partial charge is 0.494 e. The minimum absolute atomic E-state index is 0.0376. The van der Waals surface area contributed by atoms with E-state index in [2.05, 4.69) is 15.5 Å². The molecule has 1 unspecified atom stereocenters. The van der Waals surface area contributed by atoms with E-state index in [1.54, 1.807) is 6.92 Å². The van der Waals surface area contributed by atoms with Crippen molar-refractivity contribution in [1.29, 1.82) is 0 Å². The molecule has 0 saturated carbocycles. The smallest absolute Gasteiger partial charge is 0.305 e. The van der Waals surface area contributed by atoms with E-state index in [-0.39, 0.29) is 12.5 Å². The van der Waals surface area contributed by atoms with Gasteiger partial charge in [0, 0.05) is 5.56 Å². The topological polar surface area (TPSA) is 90.1 Å². The Balaban J connectivity index is 2.26. The quantitative estimate of drug-likeness (QED) is 0.840. The van der Waals surface area contributed by atoms with Crippen LogP contribution < -0.4 is 4.74 Å². The maximum absolute atomic E-state index is 10.8. The Kier molecular flexibility index (Phi) is 4.86. The van der Waals surface area contributed by atoms with Crippen LogP contribution >= 0.6 is 0 Å². The van der Waals surface area contributed by atoms with Crippen LogP contribution in [0.2, 0.25) is 0 Å². The molecule has 1 N–H and O–H groups in total. The van der Waals surface area contributed by atoms with Crippen molar-refractivity contribution in [3.05, 3.63) is 24.3 Å². The van der Waals surface area contributed by atoms with Gasteiger partial charge in [0.05, 0.1) is 19.1 Å². The van der Waals surface area contributed by atoms with Crippen LogP contribution in [-0.2, 0) is 4.79 Å². The van der Waals surface area contributed by atoms with E-state index in [9.17, 15) is 4.79 Å². The van der Waals surface area contributed by atoms with Crippen molar-refractivity contribution < 1.29 is 14.6 Å². The molecule has 1 aromatic carbocycles. The zero-order valence-electron chi connectivity index (χ0n) is 12.1. The predicted octanol–water partition coefficient (Wildman–Crippen LogP) is 2.16. The number of hydrogen-bond donors (Lipinski definition) is 1. The third kappa shape index (κ3) is 3.77. The number of ether oxygens (including phenoxy) is 1. The molecule has 1 atom stereocenters. The fourth-order valence-corrected chi connectivity index (χ4v) is 1.96. The van der Waals surface area contributed by atoms with Crippen LogP contribution in [0.25, 0.3) is 11.4 Å². The zero-order chi connectivity index (χ0) is 15.2. The molecule has 2 rings (SSSR count). The summed E-state index contributed by atoms with van der Waals surface area (Å²) in [6, 6.07) is 7.13. The van der Waals surface area contributed by atoms with Crippen molar-refractivity contribution in [2.45, 2.75) is 32.7 Å². The number of rotatable bonds is 7. The number of nitrogens with zero attached hydrogens (tertiary/aromatic N) is 4. The molecule has 7 nitrogen and oxygen atoms in total. The maximum atomic E-state index is 10.8. The lowest BCUT2D eigenvalue weighted by Crippen LogP contribution is -2.13. The highest BCUT2D eigenvalue weighted by atomic mass is 16.5. The molecule has 0 radical (unpaired) electrons. The summed E-state index contributed by atoms with van der Waals surface area (Å²) in [6.45, 7) is 4.45. The minimum Gasteiger partial charge on any atom is -0.494 e. The van der Waals surface area contributed by atoms with E-state index in [1.807, 2.05) is 31.2 Å². The summed E-state index contributed by atoms with van der Waals surface area (Å²) in [4.78, 5) is 10.8. The summed E-state index contributed by atoms with van der Waals surface area (Å²) in [5, 5.41) is 20.4. The van der Waals surface area contributed by atoms with E-state index in [0.717, 1.165) is 17.7 Å². The molecule has 1 heterocycles. The first-order chi connectivity index (χ1) is 10.1. The number of hydrogen-bond acceptors (Lipinski definition) is 5. The number of carboxylic acid groups (broad SMARTS) is 1. The van der Waals surface area contributed by atoms with E-state index >= 15 is 0 Å². The van der Waals surface area contributed by atoms with Crippen LogP contribution in [0.15, 0.2) is 24.3 Å². The van der Waals surface area contributed by atoms with Crippen molar-refractivity contribution in [1.82, 2.24) is 20.2 Å². The highest BCUT2D eigenvalue weighted by Gasteiger charge is 2.17. The highest BCUT2D eigenvalue weighted by Crippen LogP contribution is 2.24. The SMILES string of the molecule is CCCOc1cccc(-c2nnnn2C(C)CC(=O)O)c1. The minimum atomic E-state index is -0.885. The molecule has 21 heavy (non-hydrogen) atoms. The predicted molar refractivity (Wildman–Crippen MR) is 76.0 cm³/mol. The fourth-order valence-electron chi connectivity index (χ4n) is 1.96. The maximum Gasteiger partial charge on any atom is 0.305 e. The van der Waals surface area contributed by atoms with Gasteiger partial charge in [0.15, 0.2) is 5.82 Å². The first-order valence-electron chi connectivity index (χ1n) is 6.84. The molecule has 1 aromatic heterocycles. The van der Waals surface area contributed by atoms with Gasteiger partial charge in [-0.05, 0) is 35.9 Å². The second-order valence-corrected chi connectivity index (χ2v) is 4.77. The van der Waals surface area contributed by atoms with Gasteiger partial charge < -0.3 is 9.84 Å². The van der Waals surface area contributed by atoms with Crippen LogP contribution in [0, 0.1) is 0 Å². The summed E-state index contributed by atoms with van der Waals surface area (Å²) in [5.74, 6) is 0.393. The normalized spacial score (nSPS) is 12.1. The molecule has 0 saturated heterocycles. The lowest BCUT2D eigenvalue weighted by atomic mass is 10.2. The average Bonchev–Trinajstić information content (AvgIpc) is 2.94. The molecule has 0 bridgehead atoms. The Labute approximate surface area is 122 Å². The number of carboxylic acids is 1. The Morgan fingerprint density at radius 3 is 3.00 bits per heavy atom. The van der Waals surface area contributed by atoms with Gasteiger partial charge in [-0.15, -0.1) is 5.10 Å². The van der Waals surface area contributed by atoms with Crippen molar-refractivity contribution in [2.24, 2.45) is 0 Å². The molecule has 0 aliphatic carbocycles. The second kappa shape index (κ2) is 6.83. The third-order valence-electron chi connectivity index (χ3n) is 2.95. The number of aromatic nitrogens is 4. The zero-order valence-corrected chi connectivity index (χ0v) is 12.1. The molecule has 0 amide bonds. The molecule has 2 aromatic rings. The van der Waals surface area contributed by atoms with Crippen molar-refractivity contribution in [3.8, 4) is 17.1 Å².